The number of nitrogens with two attached hydrogens (primary N) is 1. The summed E-state index contributed by atoms with van der Waals surface area (Å²) in [6, 6.07) is 0.596. The minimum Gasteiger partial charge on any atom is -0.395 e. The molecule has 1 aliphatic rings. The van der Waals surface area contributed by atoms with Gasteiger partial charge in [-0.25, -0.2) is 0 Å². The van der Waals surface area contributed by atoms with Gasteiger partial charge in [-0.1, -0.05) is 6.92 Å². The van der Waals surface area contributed by atoms with Crippen LogP contribution >= 0.6 is 0 Å². The van der Waals surface area contributed by atoms with Crippen LogP contribution in [0.2, 0.25) is 0 Å². The Morgan fingerprint density at radius 1 is 1.47 bits per heavy atom. The molecule has 4 heteroatoms. The van der Waals surface area contributed by atoms with E-state index in [4.69, 9.17) is 10.8 Å². The molecule has 0 aliphatic carbocycles. The number of likely N-dealkylation sites (N-methyl/N-ethyl adjacent to an activating group) is 1. The van der Waals surface area contributed by atoms with Crippen molar-refractivity contribution in [3.05, 3.63) is 0 Å². The summed E-state index contributed by atoms with van der Waals surface area (Å²) in [6.45, 7) is 10.2. The van der Waals surface area contributed by atoms with Crippen LogP contribution in [0.1, 0.15) is 20.3 Å². The van der Waals surface area contributed by atoms with Gasteiger partial charge in [0.15, 0.2) is 0 Å². The van der Waals surface area contributed by atoms with E-state index in [1.54, 1.807) is 0 Å². The Labute approximate surface area is 93.0 Å². The Morgan fingerprint density at radius 2 is 2.20 bits per heavy atom. The van der Waals surface area contributed by atoms with E-state index in [0.717, 1.165) is 39.1 Å². The highest BCUT2D eigenvalue weighted by molar-refractivity contribution is 4.78. The second kappa shape index (κ2) is 6.43. The lowest BCUT2D eigenvalue weighted by Crippen LogP contribution is -2.52. The molecule has 1 fully saturated rings. The molecule has 4 nitrogen and oxygen atoms in total. The molecular weight excluding hydrogens is 190 g/mol. The zero-order valence-electron chi connectivity index (χ0n) is 10.0. The van der Waals surface area contributed by atoms with E-state index in [0.29, 0.717) is 6.04 Å². The molecule has 3 N–H and O–H groups in total. The number of rotatable bonds is 5. The minimum atomic E-state index is -0.0514. The SMILES string of the molecule is CCN1CCN(CCC(N)CO)CC1C. The lowest BCUT2D eigenvalue weighted by molar-refractivity contribution is 0.0844. The number of nitrogens with zero attached hydrogens (tertiary/aromatic N) is 2. The van der Waals surface area contributed by atoms with Crippen LogP contribution in [0, 0.1) is 0 Å². The van der Waals surface area contributed by atoms with Gasteiger partial charge in [-0.2, -0.15) is 0 Å². The lowest BCUT2D eigenvalue weighted by Gasteiger charge is -2.39. The van der Waals surface area contributed by atoms with Crippen LogP contribution in [-0.2, 0) is 0 Å². The van der Waals surface area contributed by atoms with Gasteiger partial charge in [0, 0.05) is 31.7 Å². The average molecular weight is 215 g/mol. The molecule has 15 heavy (non-hydrogen) atoms. The molecule has 0 aromatic rings. The van der Waals surface area contributed by atoms with Gasteiger partial charge in [-0.05, 0) is 26.4 Å². The van der Waals surface area contributed by atoms with E-state index in [2.05, 4.69) is 23.6 Å². The Bertz CT molecular complexity index is 177. The van der Waals surface area contributed by atoms with Crippen molar-refractivity contribution in [3.63, 3.8) is 0 Å². The fourth-order valence-corrected chi connectivity index (χ4v) is 2.18. The molecular formula is C11H25N3O. The molecule has 1 heterocycles. The van der Waals surface area contributed by atoms with Crippen LogP contribution in [0.5, 0.6) is 0 Å². The highest BCUT2D eigenvalue weighted by atomic mass is 16.3. The molecule has 0 radical (unpaired) electrons. The molecule has 1 saturated heterocycles. The van der Waals surface area contributed by atoms with Gasteiger partial charge in [0.25, 0.3) is 0 Å². The van der Waals surface area contributed by atoms with Crippen molar-refractivity contribution >= 4 is 0 Å². The molecule has 0 spiro atoms. The van der Waals surface area contributed by atoms with Crippen LogP contribution in [-0.4, -0.2) is 66.3 Å². The molecule has 1 rings (SSSR count). The number of hydrogen-bond acceptors (Lipinski definition) is 4. The molecule has 2 unspecified atom stereocenters. The van der Waals surface area contributed by atoms with Gasteiger partial charge in [0.05, 0.1) is 6.61 Å². The van der Waals surface area contributed by atoms with E-state index in [-0.39, 0.29) is 12.6 Å². The molecule has 0 aromatic carbocycles. The van der Waals surface area contributed by atoms with Crippen LogP contribution in [0.15, 0.2) is 0 Å². The maximum absolute atomic E-state index is 8.84. The van der Waals surface area contributed by atoms with Crippen LogP contribution in [0.25, 0.3) is 0 Å². The van der Waals surface area contributed by atoms with E-state index >= 15 is 0 Å². The summed E-state index contributed by atoms with van der Waals surface area (Å²) in [5.41, 5.74) is 5.69. The monoisotopic (exact) mass is 215 g/mol. The highest BCUT2D eigenvalue weighted by Crippen LogP contribution is 2.09. The van der Waals surface area contributed by atoms with E-state index in [1.807, 2.05) is 0 Å². The molecule has 1 aliphatic heterocycles. The van der Waals surface area contributed by atoms with Crippen molar-refractivity contribution in [1.82, 2.24) is 9.80 Å². The molecule has 2 atom stereocenters. The van der Waals surface area contributed by atoms with Gasteiger partial charge >= 0.3 is 0 Å². The van der Waals surface area contributed by atoms with E-state index in [9.17, 15) is 0 Å². The van der Waals surface area contributed by atoms with Gasteiger partial charge < -0.3 is 15.7 Å². The fourth-order valence-electron chi connectivity index (χ4n) is 2.18. The zero-order valence-corrected chi connectivity index (χ0v) is 10.0. The molecule has 90 valence electrons. The van der Waals surface area contributed by atoms with Gasteiger partial charge in [0.2, 0.25) is 0 Å². The third kappa shape index (κ3) is 4.07. The standard InChI is InChI=1S/C11H25N3O/c1-3-14-7-6-13(8-10(14)2)5-4-11(12)9-15/h10-11,15H,3-9,12H2,1-2H3. The van der Waals surface area contributed by atoms with Gasteiger partial charge in [0.1, 0.15) is 0 Å². The first-order valence-corrected chi connectivity index (χ1v) is 6.00. The number of aliphatic hydroxyl groups is 1. The van der Waals surface area contributed by atoms with E-state index in [1.165, 1.54) is 0 Å². The van der Waals surface area contributed by atoms with Gasteiger partial charge in [-0.15, -0.1) is 0 Å². The summed E-state index contributed by atoms with van der Waals surface area (Å²) in [5, 5.41) is 8.84. The van der Waals surface area contributed by atoms with Crippen molar-refractivity contribution in [2.45, 2.75) is 32.4 Å². The maximum Gasteiger partial charge on any atom is 0.0583 e. The zero-order chi connectivity index (χ0) is 11.3. The van der Waals surface area contributed by atoms with Crippen molar-refractivity contribution in [2.24, 2.45) is 5.73 Å². The fraction of sp³-hybridized carbons (Fsp3) is 1.00. The molecule has 0 amide bonds. The summed E-state index contributed by atoms with van der Waals surface area (Å²) in [5.74, 6) is 0. The highest BCUT2D eigenvalue weighted by Gasteiger charge is 2.21. The summed E-state index contributed by atoms with van der Waals surface area (Å²) < 4.78 is 0. The van der Waals surface area contributed by atoms with Crippen LogP contribution < -0.4 is 5.73 Å². The van der Waals surface area contributed by atoms with E-state index < -0.39 is 0 Å². The minimum absolute atomic E-state index is 0.0514. The quantitative estimate of drug-likeness (QED) is 0.662. The van der Waals surface area contributed by atoms with Crippen molar-refractivity contribution in [1.29, 1.82) is 0 Å². The summed E-state index contributed by atoms with van der Waals surface area (Å²) in [7, 11) is 0. The summed E-state index contributed by atoms with van der Waals surface area (Å²) in [4.78, 5) is 4.95. The summed E-state index contributed by atoms with van der Waals surface area (Å²) in [6.07, 6.45) is 0.898. The average Bonchev–Trinajstić information content (AvgIpc) is 2.26. The Morgan fingerprint density at radius 3 is 2.73 bits per heavy atom. The largest absolute Gasteiger partial charge is 0.395 e. The van der Waals surface area contributed by atoms with Crippen molar-refractivity contribution in [2.75, 3.05) is 39.3 Å². The number of aliphatic hydroxyl groups excluding tert-OH is 1. The van der Waals surface area contributed by atoms with Gasteiger partial charge in [-0.3, -0.25) is 4.90 Å². The first kappa shape index (κ1) is 12.9. The summed E-state index contributed by atoms with van der Waals surface area (Å²) >= 11 is 0. The predicted octanol–water partition coefficient (Wildman–Crippen LogP) is -0.278. The maximum atomic E-state index is 8.84. The first-order valence-electron chi connectivity index (χ1n) is 6.00. The first-order chi connectivity index (χ1) is 7.17. The Hall–Kier alpha value is -0.160. The van der Waals surface area contributed by atoms with Crippen molar-refractivity contribution < 1.29 is 5.11 Å². The number of hydrogen-bond donors (Lipinski definition) is 2. The third-order valence-electron chi connectivity index (χ3n) is 3.31. The Kier molecular flexibility index (Phi) is 5.53. The van der Waals surface area contributed by atoms with Crippen LogP contribution in [0.4, 0.5) is 0 Å². The Balaban J connectivity index is 2.22. The second-order valence-electron chi connectivity index (χ2n) is 4.51. The molecule has 0 aromatic heterocycles. The normalized spacial score (nSPS) is 26.8. The van der Waals surface area contributed by atoms with Crippen molar-refractivity contribution in [3.8, 4) is 0 Å². The second-order valence-corrected chi connectivity index (χ2v) is 4.51. The lowest BCUT2D eigenvalue weighted by atomic mass is 10.1. The molecule has 0 bridgehead atoms. The molecule has 0 saturated carbocycles. The third-order valence-corrected chi connectivity index (χ3v) is 3.31. The topological polar surface area (TPSA) is 52.7 Å². The smallest absolute Gasteiger partial charge is 0.0583 e. The predicted molar refractivity (Wildman–Crippen MR) is 62.8 cm³/mol. The number of piperazine rings is 1. The van der Waals surface area contributed by atoms with Crippen LogP contribution in [0.3, 0.4) is 0 Å².